The number of aliphatic hydroxyl groups is 1. The molecule has 0 amide bonds. The summed E-state index contributed by atoms with van der Waals surface area (Å²) < 4.78 is 51.0. The number of hydrogen-bond donors (Lipinski definition) is 1. The summed E-state index contributed by atoms with van der Waals surface area (Å²) in [6.07, 6.45) is 1.72. The summed E-state index contributed by atoms with van der Waals surface area (Å²) in [5, 5.41) is 21.0. The highest BCUT2D eigenvalue weighted by Gasteiger charge is 2.78. The summed E-state index contributed by atoms with van der Waals surface area (Å²) >= 11 is 1.60. The predicted molar refractivity (Wildman–Crippen MR) is 173 cm³/mol. The molecule has 4 aliphatic rings. The van der Waals surface area contributed by atoms with Gasteiger partial charge in [-0.2, -0.15) is 5.26 Å². The minimum absolute atomic E-state index is 0.0158. The van der Waals surface area contributed by atoms with Gasteiger partial charge in [-0.1, -0.05) is 19.9 Å². The molecule has 0 saturated heterocycles. The van der Waals surface area contributed by atoms with Gasteiger partial charge in [0.05, 0.1) is 11.7 Å². The number of halogens is 2. The van der Waals surface area contributed by atoms with Gasteiger partial charge in [0.15, 0.2) is 18.1 Å². The topological polar surface area (TPSA) is 123 Å². The van der Waals surface area contributed by atoms with Gasteiger partial charge in [0.1, 0.15) is 23.7 Å². The molecule has 2 aromatic carbocycles. The van der Waals surface area contributed by atoms with Gasteiger partial charge >= 0.3 is 11.9 Å². The first kappa shape index (κ1) is 33.9. The molecule has 11 heteroatoms. The number of esters is 2. The number of ether oxygens (including phenoxy) is 3. The van der Waals surface area contributed by atoms with Crippen LogP contribution in [0.4, 0.5) is 8.78 Å². The number of allylic oxidation sites excluding steroid dienone is 4. The lowest BCUT2D eigenvalue weighted by molar-refractivity contribution is -0.230. The van der Waals surface area contributed by atoms with E-state index in [1.54, 1.807) is 43.8 Å². The van der Waals surface area contributed by atoms with Crippen molar-refractivity contribution >= 4 is 29.5 Å². The highest BCUT2D eigenvalue weighted by Crippen LogP contribution is 2.71. The second-order valence-electron chi connectivity index (χ2n) is 13.7. The first-order valence-electron chi connectivity index (χ1n) is 15.9. The Morgan fingerprint density at radius 3 is 2.33 bits per heavy atom. The number of carbonyl (C=O) groups is 3. The second-order valence-corrected chi connectivity index (χ2v) is 14.5. The standard InChI is InChI=1S/C37H37F2NO7S/c1-21-17-27-28-19-30(38)29-18-23(41)13-14-34(29,2)36(28,39)31(42)20-35(27,3)37(21,33(44)45-16-15-40)47-32(43)22-5-7-24(8-6-22)46-25-9-11-26(48-4)12-10-25/h5-14,18,21,27-28,30-31,42H,16-17,19-20H2,1-4H3/t21-,27+,28+,30+,31+,34+,35+,36?,37-/m1/s1. The second kappa shape index (κ2) is 12.1. The molecule has 0 radical (unpaired) electrons. The molecule has 1 unspecified atom stereocenters. The maximum absolute atomic E-state index is 17.7. The number of fused-ring (bicyclic) bond motifs is 5. The van der Waals surface area contributed by atoms with E-state index in [0.717, 1.165) is 11.0 Å². The summed E-state index contributed by atoms with van der Waals surface area (Å²) in [5.41, 5.74) is -7.36. The van der Waals surface area contributed by atoms with Crippen molar-refractivity contribution in [3.63, 3.8) is 0 Å². The fraction of sp³-hybridized carbons (Fsp3) is 0.459. The molecule has 48 heavy (non-hydrogen) atoms. The number of benzene rings is 2. The Bertz CT molecular complexity index is 1740. The molecule has 9 atom stereocenters. The van der Waals surface area contributed by atoms with E-state index in [1.165, 1.54) is 31.2 Å². The van der Waals surface area contributed by atoms with Gasteiger partial charge in [-0.05, 0) is 105 Å². The van der Waals surface area contributed by atoms with Crippen molar-refractivity contribution in [1.82, 2.24) is 0 Å². The molecule has 2 aromatic rings. The van der Waals surface area contributed by atoms with E-state index in [0.29, 0.717) is 11.5 Å². The lowest BCUT2D eigenvalue weighted by Crippen LogP contribution is -2.71. The van der Waals surface area contributed by atoms with Gasteiger partial charge < -0.3 is 19.3 Å². The molecule has 252 valence electrons. The number of ketones is 1. The molecule has 0 aromatic heterocycles. The van der Waals surface area contributed by atoms with Crippen LogP contribution in [0.2, 0.25) is 0 Å². The van der Waals surface area contributed by atoms with Gasteiger partial charge in [-0.25, -0.2) is 18.4 Å². The Balaban J connectivity index is 1.34. The monoisotopic (exact) mass is 677 g/mol. The van der Waals surface area contributed by atoms with Crippen LogP contribution >= 0.6 is 11.8 Å². The summed E-state index contributed by atoms with van der Waals surface area (Å²) in [5.74, 6) is -3.83. The average molecular weight is 678 g/mol. The van der Waals surface area contributed by atoms with Crippen LogP contribution in [0.5, 0.6) is 11.5 Å². The molecule has 3 saturated carbocycles. The summed E-state index contributed by atoms with van der Waals surface area (Å²) in [7, 11) is 0. The van der Waals surface area contributed by atoms with Gasteiger partial charge in [0, 0.05) is 27.6 Å². The average Bonchev–Trinajstić information content (AvgIpc) is 3.28. The number of hydrogen-bond acceptors (Lipinski definition) is 9. The quantitative estimate of drug-likeness (QED) is 0.251. The first-order chi connectivity index (χ1) is 22.7. The van der Waals surface area contributed by atoms with Crippen molar-refractivity contribution < 1.29 is 42.5 Å². The third-order valence-corrected chi connectivity index (χ3v) is 12.1. The fourth-order valence-electron chi connectivity index (χ4n) is 9.07. The molecule has 4 aliphatic carbocycles. The van der Waals surface area contributed by atoms with Crippen LogP contribution in [-0.4, -0.2) is 59.2 Å². The molecule has 0 heterocycles. The normalized spacial score (nSPS) is 36.5. The first-order valence-corrected chi connectivity index (χ1v) is 17.1. The van der Waals surface area contributed by atoms with Crippen LogP contribution in [0.3, 0.4) is 0 Å². The zero-order valence-corrected chi connectivity index (χ0v) is 27.9. The Morgan fingerprint density at radius 2 is 1.71 bits per heavy atom. The number of alkyl halides is 2. The highest BCUT2D eigenvalue weighted by atomic mass is 32.2. The third-order valence-electron chi connectivity index (χ3n) is 11.4. The van der Waals surface area contributed by atoms with E-state index in [2.05, 4.69) is 0 Å². The molecule has 6 rings (SSSR count). The van der Waals surface area contributed by atoms with E-state index in [1.807, 2.05) is 30.5 Å². The molecule has 0 aliphatic heterocycles. The predicted octanol–water partition coefficient (Wildman–Crippen LogP) is 6.73. The highest BCUT2D eigenvalue weighted by molar-refractivity contribution is 7.98. The number of aliphatic hydroxyl groups excluding tert-OH is 1. The molecular weight excluding hydrogens is 640 g/mol. The number of nitriles is 1. The van der Waals surface area contributed by atoms with Crippen molar-refractivity contribution in [2.75, 3.05) is 12.9 Å². The minimum atomic E-state index is -2.38. The number of carbonyl (C=O) groups excluding carboxylic acids is 3. The molecule has 8 nitrogen and oxygen atoms in total. The van der Waals surface area contributed by atoms with Crippen molar-refractivity contribution in [3.8, 4) is 17.6 Å². The van der Waals surface area contributed by atoms with Crippen LogP contribution in [0, 0.1) is 39.9 Å². The van der Waals surface area contributed by atoms with E-state index >= 15 is 8.78 Å². The smallest absolute Gasteiger partial charge is 0.352 e. The molecule has 0 bridgehead atoms. The van der Waals surface area contributed by atoms with Gasteiger partial charge in [-0.15, -0.1) is 11.8 Å². The largest absolute Gasteiger partial charge is 0.457 e. The number of thioether (sulfide) groups is 1. The molecular formula is C37H37F2NO7S. The van der Waals surface area contributed by atoms with E-state index in [-0.39, 0.29) is 30.4 Å². The Hall–Kier alpha value is -4.01. The fourth-order valence-corrected chi connectivity index (χ4v) is 9.48. The summed E-state index contributed by atoms with van der Waals surface area (Å²) in [4.78, 5) is 41.1. The van der Waals surface area contributed by atoms with Crippen LogP contribution in [0.1, 0.15) is 50.4 Å². The number of rotatable bonds is 7. The Kier molecular flexibility index (Phi) is 8.57. The van der Waals surface area contributed by atoms with Crippen molar-refractivity contribution in [3.05, 3.63) is 77.9 Å². The summed E-state index contributed by atoms with van der Waals surface area (Å²) in [6, 6.07) is 15.4. The lowest BCUT2D eigenvalue weighted by Gasteiger charge is -2.63. The maximum atomic E-state index is 17.7. The minimum Gasteiger partial charge on any atom is -0.457 e. The van der Waals surface area contributed by atoms with Crippen molar-refractivity contribution in [2.45, 2.75) is 68.5 Å². The third kappa shape index (κ3) is 4.90. The van der Waals surface area contributed by atoms with Crippen molar-refractivity contribution in [1.29, 1.82) is 5.26 Å². The van der Waals surface area contributed by atoms with E-state index in [9.17, 15) is 24.8 Å². The molecule has 3 fully saturated rings. The molecule has 0 spiro atoms. The Labute approximate surface area is 282 Å². The zero-order chi connectivity index (χ0) is 34.6. The van der Waals surface area contributed by atoms with Crippen LogP contribution in [-0.2, 0) is 19.1 Å². The van der Waals surface area contributed by atoms with E-state index < -0.39 is 76.5 Å². The van der Waals surface area contributed by atoms with Gasteiger partial charge in [0.25, 0.3) is 0 Å². The summed E-state index contributed by atoms with van der Waals surface area (Å²) in [6.45, 7) is 4.20. The van der Waals surface area contributed by atoms with E-state index in [4.69, 9.17) is 14.2 Å². The van der Waals surface area contributed by atoms with Crippen LogP contribution < -0.4 is 4.74 Å². The molecule has 1 N–H and O–H groups in total. The Morgan fingerprint density at radius 1 is 1.06 bits per heavy atom. The lowest BCUT2D eigenvalue weighted by atomic mass is 9.44. The number of nitrogens with zero attached hydrogens (tertiary/aromatic N) is 1. The van der Waals surface area contributed by atoms with Gasteiger partial charge in [0.2, 0.25) is 5.60 Å². The van der Waals surface area contributed by atoms with Crippen LogP contribution in [0.15, 0.2) is 77.2 Å². The zero-order valence-electron chi connectivity index (χ0n) is 27.1. The van der Waals surface area contributed by atoms with Gasteiger partial charge in [-0.3, -0.25) is 4.79 Å². The maximum Gasteiger partial charge on any atom is 0.352 e. The van der Waals surface area contributed by atoms with Crippen LogP contribution in [0.25, 0.3) is 0 Å². The van der Waals surface area contributed by atoms with Crippen molar-refractivity contribution in [2.24, 2.45) is 28.6 Å². The SMILES string of the molecule is CSc1ccc(Oc2ccc(C(=O)O[C@@]3(C(=O)OCC#N)[C@H](C)C[C@H]4[C@@H]5C[C@H](F)C6=CC(=O)C=C[C@]6(C)C5(F)[C@@H](O)C[C@@]43C)cc2)cc1.